The Morgan fingerprint density at radius 2 is 0.925 bits per heavy atom. The molecule has 0 radical (unpaired) electrons. The van der Waals surface area contributed by atoms with Crippen LogP contribution in [0.4, 0.5) is 0 Å². The first-order chi connectivity index (χ1) is 18.9. The largest absolute Gasteiger partial charge is 0.298 e. The molecule has 214 valence electrons. The van der Waals surface area contributed by atoms with Gasteiger partial charge in [-0.25, -0.2) is 0 Å². The van der Waals surface area contributed by atoms with Crippen LogP contribution in [0.2, 0.25) is 0 Å². The molecule has 0 aromatic heterocycles. The molecule has 4 saturated carbocycles. The van der Waals surface area contributed by atoms with Crippen LogP contribution in [-0.4, -0.2) is 11.6 Å². The summed E-state index contributed by atoms with van der Waals surface area (Å²) in [5.74, 6) is 1.45. The number of aryl methyl sites for hydroxylation is 2. The van der Waals surface area contributed by atoms with Crippen LogP contribution >= 0.6 is 0 Å². The molecular formula is C38H50O2. The van der Waals surface area contributed by atoms with Gasteiger partial charge in [-0.05, 0) is 98.0 Å². The monoisotopic (exact) mass is 538 g/mol. The number of carbonyl (C=O) groups is 2. The minimum atomic E-state index is -0.563. The normalized spacial score (nSPS) is 38.9. The van der Waals surface area contributed by atoms with Gasteiger partial charge in [-0.2, -0.15) is 0 Å². The Balaban J connectivity index is 1.48. The first kappa shape index (κ1) is 27.9. The number of ketones is 2. The molecule has 0 N–H and O–H groups in total. The lowest BCUT2D eigenvalue weighted by Crippen LogP contribution is -2.60. The quantitative estimate of drug-likeness (QED) is 0.319. The van der Waals surface area contributed by atoms with Crippen molar-refractivity contribution < 1.29 is 9.59 Å². The van der Waals surface area contributed by atoms with Crippen LogP contribution in [0.1, 0.15) is 104 Å². The molecule has 0 amide bonds. The number of carbonyl (C=O) groups excluding carboxylic acids is 2. The molecule has 4 fully saturated rings. The zero-order valence-corrected chi connectivity index (χ0v) is 25.8. The second-order valence-corrected chi connectivity index (χ2v) is 15.6. The molecule has 4 aliphatic rings. The highest BCUT2D eigenvalue weighted by Crippen LogP contribution is 2.83. The molecule has 2 heteroatoms. The Morgan fingerprint density at radius 1 is 0.575 bits per heavy atom. The third-order valence-corrected chi connectivity index (χ3v) is 14.0. The Bertz CT molecular complexity index is 1190. The number of rotatable bonds is 9. The van der Waals surface area contributed by atoms with Crippen LogP contribution in [0, 0.1) is 44.3 Å². The van der Waals surface area contributed by atoms with Crippen molar-refractivity contribution in [1.82, 2.24) is 0 Å². The maximum atomic E-state index is 15.3. The molecule has 6 atom stereocenters. The van der Waals surface area contributed by atoms with E-state index in [4.69, 9.17) is 0 Å². The van der Waals surface area contributed by atoms with Gasteiger partial charge in [0.2, 0.25) is 0 Å². The van der Waals surface area contributed by atoms with Gasteiger partial charge in [0.15, 0.2) is 0 Å². The van der Waals surface area contributed by atoms with Crippen LogP contribution in [0.15, 0.2) is 60.7 Å². The van der Waals surface area contributed by atoms with Gasteiger partial charge in [0.1, 0.15) is 11.6 Å². The summed E-state index contributed by atoms with van der Waals surface area (Å²) >= 11 is 0. The lowest BCUT2D eigenvalue weighted by Gasteiger charge is -2.56. The topological polar surface area (TPSA) is 34.1 Å². The predicted molar refractivity (Wildman–Crippen MR) is 163 cm³/mol. The lowest BCUT2D eigenvalue weighted by atomic mass is 9.45. The van der Waals surface area contributed by atoms with Gasteiger partial charge in [0, 0.05) is 21.7 Å². The van der Waals surface area contributed by atoms with Gasteiger partial charge in [-0.15, -0.1) is 0 Å². The van der Waals surface area contributed by atoms with Crippen molar-refractivity contribution in [1.29, 1.82) is 0 Å². The van der Waals surface area contributed by atoms with E-state index in [1.54, 1.807) is 0 Å². The number of hydrogen-bond acceptors (Lipinski definition) is 2. The first-order valence-electron chi connectivity index (χ1n) is 16.1. The Morgan fingerprint density at radius 3 is 1.23 bits per heavy atom. The SMILES string of the molecule is CC1(C)[C@H]2CC[C@@]1(C)C(=O)[C@]2(CCCc1ccccc1)[C@]1(CCCc2ccccc2)C(=O)[C@@]2(C)CC[C@@H]1C2(C)C. The third kappa shape index (κ3) is 3.29. The average Bonchev–Trinajstić information content (AvgIpc) is 3.42. The van der Waals surface area contributed by atoms with Gasteiger partial charge in [0.05, 0.1) is 0 Å². The summed E-state index contributed by atoms with van der Waals surface area (Å²) in [6.07, 6.45) is 9.70. The minimum absolute atomic E-state index is 0.0869. The van der Waals surface area contributed by atoms with E-state index in [0.717, 1.165) is 64.2 Å². The Labute approximate surface area is 242 Å². The Hall–Kier alpha value is -2.22. The summed E-state index contributed by atoms with van der Waals surface area (Å²) in [7, 11) is 0. The molecule has 6 rings (SSSR count). The molecule has 40 heavy (non-hydrogen) atoms. The molecule has 0 heterocycles. The standard InChI is InChI=1S/C38H50O2/c1-33(2)29-21-25-35(33,5)31(39)37(29,23-13-19-27-15-9-7-10-16-27)38(24-14-20-28-17-11-8-12-18-28)30-22-26-36(6,32(38)40)34(30,3)4/h7-12,15-18,29-30H,13-14,19-26H2,1-6H3/t29-,30-,35-,36+,37+,38-/m1/s1. The highest BCUT2D eigenvalue weighted by atomic mass is 16.1. The zero-order chi connectivity index (χ0) is 28.6. The van der Waals surface area contributed by atoms with Crippen molar-refractivity contribution in [3.05, 3.63) is 71.8 Å². The fourth-order valence-electron chi connectivity index (χ4n) is 11.3. The fourth-order valence-corrected chi connectivity index (χ4v) is 11.3. The maximum Gasteiger partial charge on any atom is 0.146 e. The average molecular weight is 539 g/mol. The highest BCUT2D eigenvalue weighted by Gasteiger charge is 2.85. The molecule has 0 aliphatic heterocycles. The van der Waals surface area contributed by atoms with E-state index in [-0.39, 0.29) is 33.5 Å². The van der Waals surface area contributed by atoms with Crippen LogP contribution in [0.5, 0.6) is 0 Å². The van der Waals surface area contributed by atoms with Crippen molar-refractivity contribution in [2.75, 3.05) is 0 Å². The van der Waals surface area contributed by atoms with E-state index < -0.39 is 10.8 Å². The summed E-state index contributed by atoms with van der Waals surface area (Å²) in [4.78, 5) is 30.6. The smallest absolute Gasteiger partial charge is 0.146 e. The van der Waals surface area contributed by atoms with Crippen LogP contribution in [-0.2, 0) is 22.4 Å². The number of Topliss-reactive ketones (excluding diaryl/α,β-unsaturated/α-hetero) is 2. The van der Waals surface area contributed by atoms with E-state index in [2.05, 4.69) is 102 Å². The van der Waals surface area contributed by atoms with E-state index in [0.29, 0.717) is 11.6 Å². The van der Waals surface area contributed by atoms with Crippen LogP contribution in [0.25, 0.3) is 0 Å². The summed E-state index contributed by atoms with van der Waals surface area (Å²) < 4.78 is 0. The van der Waals surface area contributed by atoms with Gasteiger partial charge >= 0.3 is 0 Å². The second-order valence-electron chi connectivity index (χ2n) is 15.6. The summed E-state index contributed by atoms with van der Waals surface area (Å²) in [5.41, 5.74) is 0.686. The third-order valence-electron chi connectivity index (χ3n) is 14.0. The second kappa shape index (κ2) is 9.14. The Kier molecular flexibility index (Phi) is 6.38. The van der Waals surface area contributed by atoms with Crippen molar-refractivity contribution in [3.63, 3.8) is 0 Å². The molecule has 0 spiro atoms. The molecule has 4 bridgehead atoms. The minimum Gasteiger partial charge on any atom is -0.298 e. The molecule has 2 nitrogen and oxygen atoms in total. The lowest BCUT2D eigenvalue weighted by molar-refractivity contribution is -0.167. The first-order valence-corrected chi connectivity index (χ1v) is 16.1. The summed E-state index contributed by atoms with van der Waals surface area (Å²) in [5, 5.41) is 0. The van der Waals surface area contributed by atoms with Crippen molar-refractivity contribution >= 4 is 11.6 Å². The van der Waals surface area contributed by atoms with Crippen molar-refractivity contribution in [3.8, 4) is 0 Å². The predicted octanol–water partition coefficient (Wildman–Crippen LogP) is 9.06. The number of benzene rings is 2. The van der Waals surface area contributed by atoms with E-state index in [1.807, 2.05) is 0 Å². The van der Waals surface area contributed by atoms with Gasteiger partial charge < -0.3 is 0 Å². The van der Waals surface area contributed by atoms with E-state index in [9.17, 15) is 0 Å². The molecule has 0 unspecified atom stereocenters. The van der Waals surface area contributed by atoms with Crippen LogP contribution < -0.4 is 0 Å². The van der Waals surface area contributed by atoms with Crippen LogP contribution in [0.3, 0.4) is 0 Å². The molecule has 0 saturated heterocycles. The molecule has 2 aromatic rings. The molecule has 4 aliphatic carbocycles. The summed E-state index contributed by atoms with van der Waals surface area (Å²) in [6, 6.07) is 21.5. The zero-order valence-electron chi connectivity index (χ0n) is 25.8. The number of hydrogen-bond donors (Lipinski definition) is 0. The fraction of sp³-hybridized carbons (Fsp3) is 0.632. The van der Waals surface area contributed by atoms with Gasteiger partial charge in [0.25, 0.3) is 0 Å². The molecular weight excluding hydrogens is 488 g/mol. The summed E-state index contributed by atoms with van der Waals surface area (Å²) in [6.45, 7) is 14.0. The van der Waals surface area contributed by atoms with Gasteiger partial charge in [-0.1, -0.05) is 102 Å². The van der Waals surface area contributed by atoms with Crippen molar-refractivity contribution in [2.45, 2.75) is 106 Å². The van der Waals surface area contributed by atoms with Crippen molar-refractivity contribution in [2.24, 2.45) is 44.3 Å². The molecule has 2 aromatic carbocycles. The maximum absolute atomic E-state index is 15.3. The number of fused-ring (bicyclic) bond motifs is 4. The van der Waals surface area contributed by atoms with E-state index in [1.165, 1.54) is 11.1 Å². The van der Waals surface area contributed by atoms with E-state index >= 15 is 9.59 Å². The highest BCUT2D eigenvalue weighted by molar-refractivity contribution is 6.05. The van der Waals surface area contributed by atoms with Gasteiger partial charge in [-0.3, -0.25) is 9.59 Å².